The molecule has 6 heteroatoms. The first kappa shape index (κ1) is 18.4. The van der Waals surface area contributed by atoms with Crippen LogP contribution in [0.5, 0.6) is 0 Å². The lowest BCUT2D eigenvalue weighted by atomic mass is 10.1. The molecule has 1 fully saturated rings. The first-order valence-electron chi connectivity index (χ1n) is 9.18. The molecule has 1 aliphatic rings. The van der Waals surface area contributed by atoms with Crippen molar-refractivity contribution in [2.75, 3.05) is 19.6 Å². The summed E-state index contributed by atoms with van der Waals surface area (Å²) in [7, 11) is 0. The Morgan fingerprint density at radius 3 is 2.26 bits per heavy atom. The number of likely N-dealkylation sites (tertiary alicyclic amines) is 1. The smallest absolute Gasteiger partial charge is 0.185 e. The van der Waals surface area contributed by atoms with Gasteiger partial charge in [0.2, 0.25) is 0 Å². The van der Waals surface area contributed by atoms with Crippen LogP contribution in [-0.4, -0.2) is 33.7 Å². The van der Waals surface area contributed by atoms with Crippen molar-refractivity contribution in [3.05, 3.63) is 70.3 Å². The van der Waals surface area contributed by atoms with Crippen LogP contribution in [0.25, 0.3) is 16.9 Å². The molecule has 0 amide bonds. The van der Waals surface area contributed by atoms with E-state index in [-0.39, 0.29) is 5.82 Å². The lowest BCUT2D eigenvalue weighted by Crippen LogP contribution is -2.24. The maximum Gasteiger partial charge on any atom is 0.185 e. The van der Waals surface area contributed by atoms with Crippen molar-refractivity contribution in [2.45, 2.75) is 19.4 Å². The number of aromatic nitrogens is 2. The fraction of sp³-hybridized carbons (Fsp3) is 0.286. The van der Waals surface area contributed by atoms with E-state index in [1.54, 1.807) is 12.1 Å². The second-order valence-corrected chi connectivity index (χ2v) is 7.66. The van der Waals surface area contributed by atoms with E-state index in [1.165, 1.54) is 25.0 Å². The summed E-state index contributed by atoms with van der Waals surface area (Å²) in [5.41, 5.74) is 2.82. The summed E-state index contributed by atoms with van der Waals surface area (Å²) in [4.78, 5) is 2.47. The predicted octanol–water partition coefficient (Wildman–Crippen LogP) is 5.56. The molecule has 2 heterocycles. The lowest BCUT2D eigenvalue weighted by molar-refractivity contribution is 0.321. The van der Waals surface area contributed by atoms with E-state index in [2.05, 4.69) is 15.7 Å². The van der Waals surface area contributed by atoms with Gasteiger partial charge in [-0.1, -0.05) is 11.6 Å². The molecule has 0 aliphatic carbocycles. The van der Waals surface area contributed by atoms with Gasteiger partial charge in [0.15, 0.2) is 4.77 Å². The maximum atomic E-state index is 13.4. The molecule has 1 aliphatic heterocycles. The van der Waals surface area contributed by atoms with Crippen LogP contribution >= 0.6 is 23.8 Å². The topological polar surface area (TPSA) is 13.1 Å². The average Bonchev–Trinajstić information content (AvgIpc) is 3.30. The van der Waals surface area contributed by atoms with Crippen LogP contribution in [0.15, 0.2) is 54.7 Å². The molecule has 2 aromatic carbocycles. The molecule has 0 saturated carbocycles. The Hall–Kier alpha value is -1.95. The molecule has 0 unspecified atom stereocenters. The molecule has 3 aromatic rings. The molecule has 0 atom stereocenters. The second-order valence-electron chi connectivity index (χ2n) is 6.86. The van der Waals surface area contributed by atoms with Gasteiger partial charge in [-0.05, 0) is 86.7 Å². The largest absolute Gasteiger partial charge is 0.322 e. The normalized spacial score (nSPS) is 14.7. The SMILES string of the molecule is Fc1ccc(-c2cn(CCN3CCCC3)c(=S)n2-c2ccc(Cl)cc2)cc1. The minimum absolute atomic E-state index is 0.246. The van der Waals surface area contributed by atoms with Crippen LogP contribution < -0.4 is 0 Å². The molecular weight excluding hydrogens is 381 g/mol. The Morgan fingerprint density at radius 2 is 1.59 bits per heavy atom. The van der Waals surface area contributed by atoms with Crippen LogP contribution in [0.3, 0.4) is 0 Å². The maximum absolute atomic E-state index is 13.4. The number of hydrogen-bond acceptors (Lipinski definition) is 2. The predicted molar refractivity (Wildman–Crippen MR) is 111 cm³/mol. The van der Waals surface area contributed by atoms with E-state index in [9.17, 15) is 4.39 Å². The first-order valence-corrected chi connectivity index (χ1v) is 9.97. The van der Waals surface area contributed by atoms with Gasteiger partial charge >= 0.3 is 0 Å². The van der Waals surface area contributed by atoms with Crippen molar-refractivity contribution in [3.8, 4) is 16.9 Å². The quantitative estimate of drug-likeness (QED) is 0.519. The highest BCUT2D eigenvalue weighted by Crippen LogP contribution is 2.26. The number of benzene rings is 2. The van der Waals surface area contributed by atoms with Crippen molar-refractivity contribution in [3.63, 3.8) is 0 Å². The van der Waals surface area contributed by atoms with Crippen molar-refractivity contribution in [1.82, 2.24) is 14.0 Å². The average molecular weight is 402 g/mol. The molecule has 1 aromatic heterocycles. The standard InChI is InChI=1S/C21H21ClFN3S/c22-17-5-9-19(10-6-17)26-20(16-3-7-18(23)8-4-16)15-25(21(26)27)14-13-24-11-1-2-12-24/h3-10,15H,1-2,11-14H2. The van der Waals surface area contributed by atoms with Crippen molar-refractivity contribution < 1.29 is 4.39 Å². The van der Waals surface area contributed by atoms with Crippen LogP contribution in [0.1, 0.15) is 12.8 Å². The summed E-state index contributed by atoms with van der Waals surface area (Å²) >= 11 is 11.8. The molecule has 3 nitrogen and oxygen atoms in total. The summed E-state index contributed by atoms with van der Waals surface area (Å²) in [6.07, 6.45) is 4.62. The van der Waals surface area contributed by atoms with Crippen LogP contribution in [-0.2, 0) is 6.54 Å². The summed E-state index contributed by atoms with van der Waals surface area (Å²) in [6, 6.07) is 14.2. The highest BCUT2D eigenvalue weighted by molar-refractivity contribution is 7.71. The van der Waals surface area contributed by atoms with Crippen molar-refractivity contribution in [1.29, 1.82) is 0 Å². The molecule has 0 bridgehead atoms. The van der Waals surface area contributed by atoms with E-state index in [1.807, 2.05) is 28.8 Å². The zero-order valence-corrected chi connectivity index (χ0v) is 16.5. The van der Waals surface area contributed by atoms with Gasteiger partial charge < -0.3 is 9.47 Å². The second kappa shape index (κ2) is 7.97. The van der Waals surface area contributed by atoms with Crippen LogP contribution in [0, 0.1) is 10.6 Å². The van der Waals surface area contributed by atoms with Crippen LogP contribution in [0.4, 0.5) is 4.39 Å². The molecule has 0 radical (unpaired) electrons. The van der Waals surface area contributed by atoms with Crippen molar-refractivity contribution in [2.24, 2.45) is 0 Å². The minimum atomic E-state index is -0.246. The Kier molecular flexibility index (Phi) is 5.43. The van der Waals surface area contributed by atoms with Crippen LogP contribution in [0.2, 0.25) is 5.02 Å². The van der Waals surface area contributed by atoms with Gasteiger partial charge in [0.1, 0.15) is 5.82 Å². The van der Waals surface area contributed by atoms with Crippen molar-refractivity contribution >= 4 is 23.8 Å². The molecule has 4 rings (SSSR count). The minimum Gasteiger partial charge on any atom is -0.322 e. The Balaban J connectivity index is 1.75. The first-order chi connectivity index (χ1) is 13.1. The van der Waals surface area contributed by atoms with Gasteiger partial charge in [0.25, 0.3) is 0 Å². The summed E-state index contributed by atoms with van der Waals surface area (Å²) < 4.78 is 18.3. The third-order valence-electron chi connectivity index (χ3n) is 5.04. The molecule has 0 N–H and O–H groups in total. The van der Waals surface area contributed by atoms with Gasteiger partial charge in [-0.25, -0.2) is 4.39 Å². The van der Waals surface area contributed by atoms with E-state index in [0.29, 0.717) is 5.02 Å². The number of hydrogen-bond donors (Lipinski definition) is 0. The van der Waals surface area contributed by atoms with Gasteiger partial charge in [0, 0.05) is 35.6 Å². The van der Waals surface area contributed by atoms with E-state index >= 15 is 0 Å². The van der Waals surface area contributed by atoms with Gasteiger partial charge in [-0.3, -0.25) is 4.57 Å². The summed E-state index contributed by atoms with van der Waals surface area (Å²) in [5, 5.41) is 0.682. The fourth-order valence-electron chi connectivity index (χ4n) is 3.57. The Bertz CT molecular complexity index is 970. The van der Waals surface area contributed by atoms with E-state index < -0.39 is 0 Å². The fourth-order valence-corrected chi connectivity index (χ4v) is 4.05. The van der Waals surface area contributed by atoms with E-state index in [0.717, 1.165) is 47.9 Å². The number of imidazole rings is 1. The zero-order valence-electron chi connectivity index (χ0n) is 14.9. The third kappa shape index (κ3) is 4.00. The molecule has 140 valence electrons. The van der Waals surface area contributed by atoms with E-state index in [4.69, 9.17) is 23.8 Å². The molecular formula is C21H21ClFN3S. The summed E-state index contributed by atoms with van der Waals surface area (Å²) in [5.74, 6) is -0.246. The number of rotatable bonds is 5. The molecule has 1 saturated heterocycles. The van der Waals surface area contributed by atoms with Gasteiger partial charge in [-0.15, -0.1) is 0 Å². The van der Waals surface area contributed by atoms with Gasteiger partial charge in [-0.2, -0.15) is 0 Å². The Labute approximate surface area is 168 Å². The monoisotopic (exact) mass is 401 g/mol. The molecule has 27 heavy (non-hydrogen) atoms. The third-order valence-corrected chi connectivity index (χ3v) is 5.71. The number of nitrogens with zero attached hydrogens (tertiary/aromatic N) is 3. The highest BCUT2D eigenvalue weighted by Gasteiger charge is 2.15. The Morgan fingerprint density at radius 1 is 0.926 bits per heavy atom. The summed E-state index contributed by atoms with van der Waals surface area (Å²) in [6.45, 7) is 4.15. The van der Waals surface area contributed by atoms with Gasteiger partial charge in [0.05, 0.1) is 5.69 Å². The zero-order chi connectivity index (χ0) is 18.8. The molecule has 0 spiro atoms. The highest BCUT2D eigenvalue weighted by atomic mass is 35.5. The lowest BCUT2D eigenvalue weighted by Gasteiger charge is -2.14. The number of halogens is 2.